The molecule has 1 aliphatic carbocycles. The summed E-state index contributed by atoms with van der Waals surface area (Å²) in [7, 11) is -2.39. The number of allylic oxidation sites excluding steroid dienone is 2. The summed E-state index contributed by atoms with van der Waals surface area (Å²) in [6.45, 7) is 1.88. The number of aryl methyl sites for hydroxylation is 1. The number of hydrogen-bond acceptors (Lipinski definition) is 6. The predicted molar refractivity (Wildman–Crippen MR) is 134 cm³/mol. The maximum atomic E-state index is 13.3. The molecule has 0 spiro atoms. The molecule has 0 unspecified atom stereocenters. The molecule has 1 heterocycles. The summed E-state index contributed by atoms with van der Waals surface area (Å²) < 4.78 is 34.5. The highest BCUT2D eigenvalue weighted by Crippen LogP contribution is 2.51. The fourth-order valence-electron chi connectivity index (χ4n) is 5.07. The van der Waals surface area contributed by atoms with Crippen molar-refractivity contribution in [2.75, 3.05) is 17.1 Å². The van der Waals surface area contributed by atoms with Crippen LogP contribution in [-0.2, 0) is 10.0 Å². The third-order valence-electron chi connectivity index (χ3n) is 6.71. The Kier molecular flexibility index (Phi) is 5.72. The second kappa shape index (κ2) is 8.74. The Morgan fingerprint density at radius 1 is 1.09 bits per heavy atom. The Bertz CT molecular complexity index is 1450. The number of rotatable bonds is 6. The summed E-state index contributed by atoms with van der Waals surface area (Å²) >= 11 is 0. The highest BCUT2D eigenvalue weighted by atomic mass is 32.2. The molecule has 180 valence electrons. The van der Waals surface area contributed by atoms with Gasteiger partial charge in [-0.25, -0.2) is 8.42 Å². The van der Waals surface area contributed by atoms with Crippen molar-refractivity contribution in [3.8, 4) is 5.75 Å². The molecule has 0 aromatic heterocycles. The summed E-state index contributed by atoms with van der Waals surface area (Å²) in [5.41, 5.74) is 3.61. The van der Waals surface area contributed by atoms with Gasteiger partial charge in [-0.05, 0) is 60.7 Å². The zero-order valence-corrected chi connectivity index (χ0v) is 20.1. The fourth-order valence-corrected chi connectivity index (χ4v) is 6.17. The van der Waals surface area contributed by atoms with Crippen LogP contribution in [0.5, 0.6) is 5.75 Å². The number of benzene rings is 3. The molecule has 0 saturated carbocycles. The molecule has 0 fully saturated rings. The Hall–Kier alpha value is -3.85. The minimum atomic E-state index is -3.88. The third-order valence-corrected chi connectivity index (χ3v) is 8.08. The summed E-state index contributed by atoms with van der Waals surface area (Å²) in [6, 6.07) is 16.8. The van der Waals surface area contributed by atoms with Crippen LogP contribution in [0.2, 0.25) is 0 Å². The molecule has 8 nitrogen and oxygen atoms in total. The Morgan fingerprint density at radius 3 is 2.66 bits per heavy atom. The van der Waals surface area contributed by atoms with Crippen LogP contribution in [0.1, 0.15) is 35.1 Å². The molecule has 9 heteroatoms. The van der Waals surface area contributed by atoms with Gasteiger partial charge in [0.15, 0.2) is 0 Å². The summed E-state index contributed by atoms with van der Waals surface area (Å²) in [5.74, 6) is 0.413. The van der Waals surface area contributed by atoms with Crippen LogP contribution < -0.4 is 14.8 Å². The van der Waals surface area contributed by atoms with Gasteiger partial charge in [0, 0.05) is 17.7 Å². The fraction of sp³-hybridized carbons (Fsp3) is 0.231. The van der Waals surface area contributed by atoms with Gasteiger partial charge in [0.2, 0.25) is 0 Å². The molecule has 2 N–H and O–H groups in total. The van der Waals surface area contributed by atoms with E-state index in [0.29, 0.717) is 17.0 Å². The lowest BCUT2D eigenvalue weighted by molar-refractivity contribution is -0.385. The van der Waals surface area contributed by atoms with Gasteiger partial charge in [-0.3, -0.25) is 14.8 Å². The highest BCUT2D eigenvalue weighted by Gasteiger charge is 2.40. The molecule has 1 aliphatic heterocycles. The second-order valence-corrected chi connectivity index (χ2v) is 10.5. The molecule has 3 atom stereocenters. The lowest BCUT2D eigenvalue weighted by Gasteiger charge is -2.37. The van der Waals surface area contributed by atoms with E-state index >= 15 is 0 Å². The molecule has 5 rings (SSSR count). The Labute approximate surface area is 203 Å². The van der Waals surface area contributed by atoms with Crippen LogP contribution >= 0.6 is 0 Å². The van der Waals surface area contributed by atoms with Gasteiger partial charge in [-0.15, -0.1) is 0 Å². The van der Waals surface area contributed by atoms with Gasteiger partial charge in [0.1, 0.15) is 5.75 Å². The number of nitro groups is 1. The third kappa shape index (κ3) is 4.12. The number of sulfonamides is 1. The Morgan fingerprint density at radius 2 is 1.89 bits per heavy atom. The van der Waals surface area contributed by atoms with Crippen molar-refractivity contribution < 1.29 is 18.1 Å². The van der Waals surface area contributed by atoms with Gasteiger partial charge >= 0.3 is 0 Å². The standard InChI is InChI=1S/C26H25N3O5S/c1-16-10-13-25(34-2)23(14-16)28-35(32,33)17-11-12-22-21(15-17)18-7-5-8-19(18)26(27-22)20-6-3-4-9-24(20)29(30)31/h3-7,9-15,18-19,26-28H,8H2,1-2H3/t18-,19+,26-/m1/s1. The van der Waals surface area contributed by atoms with E-state index in [-0.39, 0.29) is 33.4 Å². The number of anilines is 2. The van der Waals surface area contributed by atoms with Crippen LogP contribution in [0.25, 0.3) is 0 Å². The van der Waals surface area contributed by atoms with Crippen molar-refractivity contribution in [2.24, 2.45) is 5.92 Å². The minimum absolute atomic E-state index is 0.0337. The molecule has 0 saturated heterocycles. The average molecular weight is 492 g/mol. The van der Waals surface area contributed by atoms with Crippen molar-refractivity contribution in [1.29, 1.82) is 0 Å². The van der Waals surface area contributed by atoms with Crippen molar-refractivity contribution >= 4 is 27.1 Å². The lowest BCUT2D eigenvalue weighted by Crippen LogP contribution is -2.30. The molecule has 2 aliphatic rings. The predicted octanol–water partition coefficient (Wildman–Crippen LogP) is 5.54. The zero-order valence-electron chi connectivity index (χ0n) is 19.3. The number of hydrogen-bond donors (Lipinski definition) is 2. The van der Waals surface area contributed by atoms with Crippen molar-refractivity contribution in [3.63, 3.8) is 0 Å². The smallest absolute Gasteiger partial charge is 0.274 e. The minimum Gasteiger partial charge on any atom is -0.495 e. The number of fused-ring (bicyclic) bond motifs is 3. The first-order chi connectivity index (χ1) is 16.8. The van der Waals surface area contributed by atoms with E-state index in [1.807, 2.05) is 13.0 Å². The maximum Gasteiger partial charge on any atom is 0.274 e. The first kappa shape index (κ1) is 22.9. The number of nitro benzene ring substituents is 1. The maximum absolute atomic E-state index is 13.3. The zero-order chi connectivity index (χ0) is 24.7. The molecular formula is C26H25N3O5S. The highest BCUT2D eigenvalue weighted by molar-refractivity contribution is 7.92. The summed E-state index contributed by atoms with van der Waals surface area (Å²) in [6.07, 6.45) is 4.87. The van der Waals surface area contributed by atoms with Crippen LogP contribution in [0.15, 0.2) is 77.7 Å². The summed E-state index contributed by atoms with van der Waals surface area (Å²) in [5, 5.41) is 15.1. The van der Waals surface area contributed by atoms with E-state index in [0.717, 1.165) is 23.2 Å². The molecule has 35 heavy (non-hydrogen) atoms. The van der Waals surface area contributed by atoms with Gasteiger partial charge in [-0.2, -0.15) is 0 Å². The van der Waals surface area contributed by atoms with Crippen LogP contribution in [0, 0.1) is 23.0 Å². The van der Waals surface area contributed by atoms with E-state index in [1.54, 1.807) is 48.5 Å². The monoisotopic (exact) mass is 491 g/mol. The average Bonchev–Trinajstić information content (AvgIpc) is 3.33. The number of methoxy groups -OCH3 is 1. The quantitative estimate of drug-likeness (QED) is 0.266. The summed E-state index contributed by atoms with van der Waals surface area (Å²) in [4.78, 5) is 11.4. The van der Waals surface area contributed by atoms with Gasteiger partial charge in [0.05, 0.1) is 34.2 Å². The van der Waals surface area contributed by atoms with E-state index < -0.39 is 10.0 Å². The Balaban J connectivity index is 1.52. The molecule has 0 radical (unpaired) electrons. The van der Waals surface area contributed by atoms with Crippen LogP contribution in [0.3, 0.4) is 0 Å². The number of nitrogens with zero attached hydrogens (tertiary/aromatic N) is 1. The van der Waals surface area contributed by atoms with Gasteiger partial charge in [0.25, 0.3) is 15.7 Å². The first-order valence-corrected chi connectivity index (χ1v) is 12.7. The van der Waals surface area contributed by atoms with Gasteiger partial charge in [-0.1, -0.05) is 36.4 Å². The molecular weight excluding hydrogens is 466 g/mol. The number of para-hydroxylation sites is 1. The van der Waals surface area contributed by atoms with E-state index in [2.05, 4.69) is 22.2 Å². The molecule has 0 bridgehead atoms. The second-order valence-electron chi connectivity index (χ2n) is 8.85. The first-order valence-electron chi connectivity index (χ1n) is 11.3. The van der Waals surface area contributed by atoms with Crippen molar-refractivity contribution in [3.05, 3.63) is 99.6 Å². The normalized spacial score (nSPS) is 20.5. The van der Waals surface area contributed by atoms with E-state index in [4.69, 9.17) is 4.74 Å². The molecule has 3 aromatic carbocycles. The van der Waals surface area contributed by atoms with Gasteiger partial charge < -0.3 is 10.1 Å². The number of nitrogens with one attached hydrogen (secondary N) is 2. The van der Waals surface area contributed by atoms with E-state index in [9.17, 15) is 18.5 Å². The van der Waals surface area contributed by atoms with E-state index in [1.165, 1.54) is 13.2 Å². The largest absolute Gasteiger partial charge is 0.495 e. The topological polar surface area (TPSA) is 111 Å². The number of ether oxygens (including phenoxy) is 1. The van der Waals surface area contributed by atoms with Crippen LogP contribution in [-0.4, -0.2) is 20.5 Å². The van der Waals surface area contributed by atoms with Crippen LogP contribution in [0.4, 0.5) is 17.1 Å². The molecule has 0 amide bonds. The SMILES string of the molecule is COc1ccc(C)cc1NS(=O)(=O)c1ccc2c(c1)[C@@H]1C=CC[C@@H]1[C@H](c1ccccc1[N+](=O)[O-])N2. The van der Waals surface area contributed by atoms with Crippen molar-refractivity contribution in [1.82, 2.24) is 0 Å². The lowest BCUT2D eigenvalue weighted by atomic mass is 9.76. The molecule has 3 aromatic rings. The van der Waals surface area contributed by atoms with Crippen molar-refractivity contribution in [2.45, 2.75) is 30.2 Å².